The van der Waals surface area contributed by atoms with E-state index >= 15 is 0 Å². The zero-order valence-corrected chi connectivity index (χ0v) is 14.5. The maximum absolute atomic E-state index is 11.6. The first-order chi connectivity index (χ1) is 12.8. The first-order valence-electron chi connectivity index (χ1n) is 9.41. The van der Waals surface area contributed by atoms with Gasteiger partial charge in [-0.15, -0.1) is 0 Å². The molecule has 0 aliphatic heterocycles. The molecule has 0 saturated heterocycles. The van der Waals surface area contributed by atoms with Crippen LogP contribution in [0.1, 0.15) is 43.7 Å². The molecular weight excluding hydrogens is 330 g/mol. The molecule has 0 radical (unpaired) electrons. The van der Waals surface area contributed by atoms with Crippen molar-refractivity contribution in [3.05, 3.63) is 40.3 Å². The van der Waals surface area contributed by atoms with Crippen LogP contribution in [-0.4, -0.2) is 33.0 Å². The molecule has 2 saturated carbocycles. The summed E-state index contributed by atoms with van der Waals surface area (Å²) in [6.45, 7) is 0.664. The lowest BCUT2D eigenvalue weighted by Gasteiger charge is -2.21. The van der Waals surface area contributed by atoms with E-state index in [4.69, 9.17) is 4.74 Å². The minimum absolute atomic E-state index is 0.101. The highest BCUT2D eigenvalue weighted by atomic mass is 16.5. The number of benzene rings is 1. The Morgan fingerprint density at radius 2 is 2.08 bits per heavy atom. The molecule has 2 aromatic heterocycles. The molecule has 2 aliphatic rings. The van der Waals surface area contributed by atoms with Crippen molar-refractivity contribution in [1.29, 1.82) is 0 Å². The summed E-state index contributed by atoms with van der Waals surface area (Å²) in [5.74, 6) is 2.89. The van der Waals surface area contributed by atoms with Crippen molar-refractivity contribution in [2.75, 3.05) is 11.9 Å². The molecule has 0 amide bonds. The van der Waals surface area contributed by atoms with Crippen LogP contribution < -0.4 is 15.6 Å². The number of aromatic amines is 3. The van der Waals surface area contributed by atoms with Gasteiger partial charge in [0.05, 0.1) is 17.5 Å². The second-order valence-corrected chi connectivity index (χ2v) is 7.52. The molecule has 2 fully saturated rings. The van der Waals surface area contributed by atoms with Crippen molar-refractivity contribution in [2.45, 2.75) is 44.1 Å². The molecule has 2 unspecified atom stereocenters. The summed E-state index contributed by atoms with van der Waals surface area (Å²) >= 11 is 0. The Bertz CT molecular complexity index is 968. The van der Waals surface area contributed by atoms with E-state index in [1.54, 1.807) is 6.07 Å². The average molecular weight is 353 g/mol. The highest BCUT2D eigenvalue weighted by Crippen LogP contribution is 2.40. The van der Waals surface area contributed by atoms with Gasteiger partial charge in [0.1, 0.15) is 11.6 Å². The molecule has 1 aromatic carbocycles. The lowest BCUT2D eigenvalue weighted by Crippen LogP contribution is -2.28. The van der Waals surface area contributed by atoms with E-state index in [2.05, 4.69) is 31.8 Å². The number of anilines is 1. The first kappa shape index (κ1) is 15.5. The Hall–Kier alpha value is -2.70. The summed E-state index contributed by atoms with van der Waals surface area (Å²) in [6.07, 6.45) is 6.05. The molecule has 4 N–H and O–H groups in total. The molecular formula is C19H23N5O2. The highest BCUT2D eigenvalue weighted by molar-refractivity contribution is 5.79. The second kappa shape index (κ2) is 6.23. The molecule has 26 heavy (non-hydrogen) atoms. The number of H-pyrrole nitrogens is 3. The molecule has 7 heteroatoms. The van der Waals surface area contributed by atoms with Gasteiger partial charge in [-0.3, -0.25) is 20.1 Å². The zero-order valence-electron chi connectivity index (χ0n) is 14.5. The van der Waals surface area contributed by atoms with E-state index < -0.39 is 0 Å². The monoisotopic (exact) mass is 353 g/mol. The van der Waals surface area contributed by atoms with Crippen molar-refractivity contribution < 1.29 is 4.74 Å². The fourth-order valence-electron chi connectivity index (χ4n) is 3.94. The Morgan fingerprint density at radius 3 is 2.96 bits per heavy atom. The number of nitrogens with zero attached hydrogens (tertiary/aromatic N) is 1. The van der Waals surface area contributed by atoms with Gasteiger partial charge in [0.25, 0.3) is 5.56 Å². The van der Waals surface area contributed by atoms with Gasteiger partial charge in [-0.05, 0) is 37.8 Å². The normalized spacial score (nSPS) is 22.8. The van der Waals surface area contributed by atoms with E-state index in [0.717, 1.165) is 29.9 Å². The second-order valence-electron chi connectivity index (χ2n) is 7.52. The minimum Gasteiger partial charge on any atom is -0.493 e. The average Bonchev–Trinajstić information content (AvgIpc) is 3.06. The van der Waals surface area contributed by atoms with Gasteiger partial charge in [-0.25, -0.2) is 0 Å². The maximum atomic E-state index is 11.6. The van der Waals surface area contributed by atoms with Crippen LogP contribution in [0.5, 0.6) is 5.75 Å². The topological polar surface area (TPSA) is 98.6 Å². The van der Waals surface area contributed by atoms with Crippen LogP contribution in [0.15, 0.2) is 29.1 Å². The summed E-state index contributed by atoms with van der Waals surface area (Å²) in [5.41, 5.74) is 1.93. The van der Waals surface area contributed by atoms with Crippen LogP contribution in [0.4, 0.5) is 5.82 Å². The highest BCUT2D eigenvalue weighted by Gasteiger charge is 2.30. The van der Waals surface area contributed by atoms with Gasteiger partial charge < -0.3 is 10.1 Å². The number of hydrogen-bond acceptors (Lipinski definition) is 4. The third-order valence-corrected chi connectivity index (χ3v) is 5.62. The lowest BCUT2D eigenvalue weighted by molar-refractivity contribution is 0.244. The molecule has 3 aromatic rings. The largest absolute Gasteiger partial charge is 0.493 e. The minimum atomic E-state index is -0.101. The Balaban J connectivity index is 1.22. The predicted octanol–water partition coefficient (Wildman–Crippen LogP) is 3.12. The smallest absolute Gasteiger partial charge is 0.271 e. The van der Waals surface area contributed by atoms with Crippen molar-refractivity contribution in [3.63, 3.8) is 0 Å². The van der Waals surface area contributed by atoms with Crippen molar-refractivity contribution in [2.24, 2.45) is 5.92 Å². The van der Waals surface area contributed by atoms with E-state index in [9.17, 15) is 4.79 Å². The van der Waals surface area contributed by atoms with Gasteiger partial charge in [-0.2, -0.15) is 5.10 Å². The number of nitrogens with one attached hydrogen (secondary N) is 4. The summed E-state index contributed by atoms with van der Waals surface area (Å²) in [4.78, 5) is 11.6. The van der Waals surface area contributed by atoms with Gasteiger partial charge >= 0.3 is 0 Å². The fourth-order valence-corrected chi connectivity index (χ4v) is 3.94. The third-order valence-electron chi connectivity index (χ3n) is 5.62. The van der Waals surface area contributed by atoms with Crippen LogP contribution in [0.3, 0.4) is 0 Å². The number of fused-ring (bicyclic) bond motifs is 1. The standard InChI is InChI=1S/C19H23N5O2/c25-19-14-7-6-13(8-17(14)22-24-19)26-10-12-2-1-3-15(12)20-18-9-16(21-23-18)11-4-5-11/h6-9,11-12,15H,1-5,10H2,(H2,20,21,23)(H2,22,24,25). The van der Waals surface area contributed by atoms with Crippen molar-refractivity contribution in [1.82, 2.24) is 20.4 Å². The van der Waals surface area contributed by atoms with Crippen LogP contribution in [-0.2, 0) is 0 Å². The Kier molecular flexibility index (Phi) is 3.72. The van der Waals surface area contributed by atoms with Crippen LogP contribution in [0.25, 0.3) is 10.9 Å². The summed E-state index contributed by atoms with van der Waals surface area (Å²) in [6, 6.07) is 8.08. The van der Waals surface area contributed by atoms with E-state index in [-0.39, 0.29) is 5.56 Å². The lowest BCUT2D eigenvalue weighted by atomic mass is 10.1. The maximum Gasteiger partial charge on any atom is 0.271 e. The van der Waals surface area contributed by atoms with Crippen molar-refractivity contribution >= 4 is 16.7 Å². The van der Waals surface area contributed by atoms with Gasteiger partial charge in [0.2, 0.25) is 0 Å². The van der Waals surface area contributed by atoms with Crippen LogP contribution in [0.2, 0.25) is 0 Å². The Labute approximate surface area is 150 Å². The summed E-state index contributed by atoms with van der Waals surface area (Å²) in [5, 5.41) is 17.3. The molecule has 0 spiro atoms. The molecule has 2 atom stereocenters. The van der Waals surface area contributed by atoms with Gasteiger partial charge in [0.15, 0.2) is 0 Å². The van der Waals surface area contributed by atoms with Crippen molar-refractivity contribution in [3.8, 4) is 5.75 Å². The number of aromatic nitrogens is 4. The number of ether oxygens (including phenoxy) is 1. The Morgan fingerprint density at radius 1 is 1.15 bits per heavy atom. The quantitative estimate of drug-likeness (QED) is 0.547. The van der Waals surface area contributed by atoms with E-state index in [1.807, 2.05) is 12.1 Å². The predicted molar refractivity (Wildman–Crippen MR) is 99.7 cm³/mol. The first-order valence-corrected chi connectivity index (χ1v) is 9.41. The number of rotatable bonds is 6. The molecule has 5 rings (SSSR count). The molecule has 136 valence electrons. The number of hydrogen-bond donors (Lipinski definition) is 4. The molecule has 7 nitrogen and oxygen atoms in total. The summed E-state index contributed by atoms with van der Waals surface area (Å²) < 4.78 is 6.02. The van der Waals surface area contributed by atoms with Gasteiger partial charge in [0, 0.05) is 35.7 Å². The van der Waals surface area contributed by atoms with Crippen LogP contribution >= 0.6 is 0 Å². The molecule has 2 aliphatic carbocycles. The molecule has 0 bridgehead atoms. The molecule has 2 heterocycles. The summed E-state index contributed by atoms with van der Waals surface area (Å²) in [7, 11) is 0. The third kappa shape index (κ3) is 2.98. The van der Waals surface area contributed by atoms with E-state index in [0.29, 0.717) is 29.9 Å². The SMILES string of the molecule is O=c1[nH][nH]c2cc(OCC3CCCC3Nc3cc(C4CC4)[nH]n3)ccc12. The van der Waals surface area contributed by atoms with Gasteiger partial charge in [-0.1, -0.05) is 6.42 Å². The fraction of sp³-hybridized carbons (Fsp3) is 0.474. The van der Waals surface area contributed by atoms with Crippen LogP contribution in [0, 0.1) is 5.92 Å². The van der Waals surface area contributed by atoms with E-state index in [1.165, 1.54) is 25.0 Å². The zero-order chi connectivity index (χ0) is 17.5.